The molecule has 2 aliphatic heterocycles. The van der Waals surface area contributed by atoms with Crippen LogP contribution in [0.25, 0.3) is 22.3 Å². The second-order valence-electron chi connectivity index (χ2n) is 6.78. The highest BCUT2D eigenvalue weighted by Crippen LogP contribution is 2.30. The minimum absolute atomic E-state index is 0.656. The van der Waals surface area contributed by atoms with E-state index >= 15 is 0 Å². The normalized spacial score (nSPS) is 15.7. The largest absolute Gasteiger partial charge is 0.456 e. The van der Waals surface area contributed by atoms with Crippen LogP contribution >= 0.6 is 0 Å². The fourth-order valence-electron chi connectivity index (χ4n) is 3.35. The van der Waals surface area contributed by atoms with Crippen molar-refractivity contribution >= 4 is 16.7 Å². The molecule has 0 N–H and O–H groups in total. The predicted molar refractivity (Wildman–Crippen MR) is 107 cm³/mol. The Morgan fingerprint density at radius 3 is 2.78 bits per heavy atom. The number of morpholine rings is 1. The Morgan fingerprint density at radius 2 is 1.93 bits per heavy atom. The van der Waals surface area contributed by atoms with Gasteiger partial charge in [-0.1, -0.05) is 6.92 Å². The number of nitrogens with zero attached hydrogens (tertiary/aromatic N) is 2. The van der Waals surface area contributed by atoms with Crippen LogP contribution in [0.3, 0.4) is 0 Å². The third-order valence-corrected chi connectivity index (χ3v) is 4.78. The molecule has 1 aromatic carbocycles. The molecule has 1 aliphatic carbocycles. The van der Waals surface area contributed by atoms with Crippen molar-refractivity contribution in [2.24, 2.45) is 4.99 Å². The smallest absolute Gasteiger partial charge is 0.136 e. The molecule has 0 spiro atoms. The molecule has 1 saturated heterocycles. The molecule has 27 heavy (non-hydrogen) atoms. The standard InChI is InChI=1S/C22H26N2O3/c1-2-10-25-11-7-23-19-5-3-17-14-18-4-6-20(24-8-12-26-13-9-24)16-22(18)27-21(17)15-19/h3-6,14-16H,2,7-13H2,1H3/b23-19+. The van der Waals surface area contributed by atoms with Crippen LogP contribution in [-0.4, -0.2) is 46.1 Å². The molecule has 0 unspecified atom stereocenters. The number of fused-ring (bicyclic) bond motifs is 2. The van der Waals surface area contributed by atoms with E-state index in [1.807, 2.05) is 12.1 Å². The van der Waals surface area contributed by atoms with Gasteiger partial charge in [0.1, 0.15) is 11.3 Å². The van der Waals surface area contributed by atoms with E-state index in [2.05, 4.69) is 47.1 Å². The Morgan fingerprint density at radius 1 is 1.04 bits per heavy atom. The number of benzene rings is 2. The van der Waals surface area contributed by atoms with Crippen LogP contribution in [0.5, 0.6) is 0 Å². The molecule has 142 valence electrons. The van der Waals surface area contributed by atoms with Crippen molar-refractivity contribution in [3.05, 3.63) is 47.8 Å². The van der Waals surface area contributed by atoms with Gasteiger partial charge in [-0.2, -0.15) is 0 Å². The van der Waals surface area contributed by atoms with Crippen molar-refractivity contribution < 1.29 is 13.9 Å². The number of rotatable bonds is 6. The lowest BCUT2D eigenvalue weighted by Gasteiger charge is -2.28. The van der Waals surface area contributed by atoms with E-state index in [4.69, 9.17) is 13.9 Å². The molecule has 1 fully saturated rings. The molecule has 4 rings (SSSR count). The highest BCUT2D eigenvalue weighted by molar-refractivity contribution is 5.85. The van der Waals surface area contributed by atoms with Gasteiger partial charge in [0.2, 0.25) is 0 Å². The molecule has 0 aromatic heterocycles. The molecular formula is C22H26N2O3. The third-order valence-electron chi connectivity index (χ3n) is 4.78. The molecule has 0 atom stereocenters. The van der Waals surface area contributed by atoms with Crippen molar-refractivity contribution in [1.82, 2.24) is 0 Å². The molecule has 0 bridgehead atoms. The van der Waals surface area contributed by atoms with Gasteiger partial charge < -0.3 is 18.8 Å². The number of anilines is 1. The summed E-state index contributed by atoms with van der Waals surface area (Å²) in [7, 11) is 0. The van der Waals surface area contributed by atoms with Crippen LogP contribution in [0, 0.1) is 0 Å². The van der Waals surface area contributed by atoms with Crippen molar-refractivity contribution in [2.45, 2.75) is 13.3 Å². The first-order valence-corrected chi connectivity index (χ1v) is 9.72. The van der Waals surface area contributed by atoms with E-state index in [9.17, 15) is 0 Å². The van der Waals surface area contributed by atoms with Crippen molar-refractivity contribution in [1.29, 1.82) is 0 Å². The van der Waals surface area contributed by atoms with Gasteiger partial charge in [-0.05, 0) is 36.8 Å². The van der Waals surface area contributed by atoms with Crippen LogP contribution < -0.4 is 10.3 Å². The Hall–Kier alpha value is -2.37. The van der Waals surface area contributed by atoms with Gasteiger partial charge in [0.25, 0.3) is 0 Å². The third kappa shape index (κ3) is 4.31. The summed E-state index contributed by atoms with van der Waals surface area (Å²) in [6.45, 7) is 7.62. The zero-order valence-electron chi connectivity index (χ0n) is 15.8. The Balaban J connectivity index is 1.61. The average Bonchev–Trinajstić information content (AvgIpc) is 2.72. The van der Waals surface area contributed by atoms with E-state index in [1.165, 1.54) is 5.69 Å². The first-order valence-electron chi connectivity index (χ1n) is 9.72. The lowest BCUT2D eigenvalue weighted by Crippen LogP contribution is -2.36. The van der Waals surface area contributed by atoms with Gasteiger partial charge in [0, 0.05) is 48.5 Å². The summed E-state index contributed by atoms with van der Waals surface area (Å²) >= 11 is 0. The minimum Gasteiger partial charge on any atom is -0.456 e. The zero-order chi connectivity index (χ0) is 18.5. The van der Waals surface area contributed by atoms with Gasteiger partial charge in [-0.3, -0.25) is 4.99 Å². The maximum absolute atomic E-state index is 6.21. The first-order chi connectivity index (χ1) is 13.3. The summed E-state index contributed by atoms with van der Waals surface area (Å²) in [5.74, 6) is 0.859. The van der Waals surface area contributed by atoms with Gasteiger partial charge in [-0.15, -0.1) is 0 Å². The lowest BCUT2D eigenvalue weighted by atomic mass is 10.1. The Bertz CT molecular complexity index is 928. The maximum Gasteiger partial charge on any atom is 0.136 e. The molecule has 0 saturated carbocycles. The van der Waals surface area contributed by atoms with Crippen LogP contribution in [0.2, 0.25) is 0 Å². The summed E-state index contributed by atoms with van der Waals surface area (Å²) in [6, 6.07) is 14.7. The molecule has 2 heterocycles. The van der Waals surface area contributed by atoms with Crippen LogP contribution in [0.4, 0.5) is 5.69 Å². The quantitative estimate of drug-likeness (QED) is 0.493. The second kappa shape index (κ2) is 8.55. The van der Waals surface area contributed by atoms with E-state index in [-0.39, 0.29) is 0 Å². The van der Waals surface area contributed by atoms with Gasteiger partial charge >= 0.3 is 0 Å². The highest BCUT2D eigenvalue weighted by atomic mass is 16.5. The number of hydrogen-bond acceptors (Lipinski definition) is 5. The molecule has 1 aromatic rings. The van der Waals surface area contributed by atoms with E-state index in [1.54, 1.807) is 0 Å². The van der Waals surface area contributed by atoms with Gasteiger partial charge in [0.05, 0.1) is 31.7 Å². The van der Waals surface area contributed by atoms with Crippen molar-refractivity contribution in [3.8, 4) is 11.3 Å². The van der Waals surface area contributed by atoms with Gasteiger partial charge in [-0.25, -0.2) is 0 Å². The molecule has 5 nitrogen and oxygen atoms in total. The van der Waals surface area contributed by atoms with E-state index < -0.39 is 0 Å². The average molecular weight is 366 g/mol. The molecule has 3 aliphatic rings. The monoisotopic (exact) mass is 366 g/mol. The topological polar surface area (TPSA) is 47.2 Å². The molecule has 5 heteroatoms. The summed E-state index contributed by atoms with van der Waals surface area (Å²) in [4.78, 5) is 6.93. The number of hydrogen-bond donors (Lipinski definition) is 0. The second-order valence-corrected chi connectivity index (χ2v) is 6.78. The number of ether oxygens (including phenoxy) is 2. The molecule has 0 radical (unpaired) electrons. The Kier molecular flexibility index (Phi) is 5.70. The van der Waals surface area contributed by atoms with E-state index in [0.29, 0.717) is 13.2 Å². The summed E-state index contributed by atoms with van der Waals surface area (Å²) in [5, 5.41) is 2.03. The Labute approximate surface area is 159 Å². The summed E-state index contributed by atoms with van der Waals surface area (Å²) in [6.07, 6.45) is 1.04. The lowest BCUT2D eigenvalue weighted by molar-refractivity contribution is 0.122. The highest BCUT2D eigenvalue weighted by Gasteiger charge is 2.13. The fraction of sp³-hybridized carbons (Fsp3) is 0.409. The van der Waals surface area contributed by atoms with Crippen molar-refractivity contribution in [2.75, 3.05) is 51.0 Å². The SMILES string of the molecule is CCCOCC/N=c1\ccc2cc3ccc(N4CCOCC4)cc3oc-2c1. The molecular weight excluding hydrogens is 340 g/mol. The summed E-state index contributed by atoms with van der Waals surface area (Å²) in [5.41, 5.74) is 3.17. The summed E-state index contributed by atoms with van der Waals surface area (Å²) < 4.78 is 17.2. The van der Waals surface area contributed by atoms with Crippen LogP contribution in [-0.2, 0) is 9.47 Å². The van der Waals surface area contributed by atoms with Crippen molar-refractivity contribution in [3.63, 3.8) is 0 Å². The van der Waals surface area contributed by atoms with Crippen LogP contribution in [0.1, 0.15) is 13.3 Å². The van der Waals surface area contributed by atoms with Crippen LogP contribution in [0.15, 0.2) is 51.9 Å². The van der Waals surface area contributed by atoms with Gasteiger partial charge in [0.15, 0.2) is 0 Å². The fourth-order valence-corrected chi connectivity index (χ4v) is 3.35. The van der Waals surface area contributed by atoms with E-state index in [0.717, 1.165) is 67.0 Å². The minimum atomic E-state index is 0.656. The first kappa shape index (κ1) is 18.0. The molecule has 0 amide bonds. The maximum atomic E-state index is 6.21. The predicted octanol–water partition coefficient (Wildman–Crippen LogP) is 3.70. The zero-order valence-corrected chi connectivity index (χ0v) is 15.8.